The summed E-state index contributed by atoms with van der Waals surface area (Å²) in [6.45, 7) is -1.92. The van der Waals surface area contributed by atoms with Gasteiger partial charge in [-0.1, -0.05) is 0 Å². The number of ether oxygens (including phenoxy) is 1. The lowest BCUT2D eigenvalue weighted by Crippen LogP contribution is -2.23. The number of rotatable bonds is 4. The van der Waals surface area contributed by atoms with E-state index in [1.165, 1.54) is 0 Å². The van der Waals surface area contributed by atoms with E-state index in [0.29, 0.717) is 0 Å². The van der Waals surface area contributed by atoms with Crippen LogP contribution < -0.4 is 15.8 Å². The van der Waals surface area contributed by atoms with Gasteiger partial charge in [-0.25, -0.2) is 4.39 Å². The zero-order valence-corrected chi connectivity index (χ0v) is 9.05. The molecule has 1 aromatic rings. The maximum atomic E-state index is 12.9. The molecule has 1 rings (SSSR count). The number of nitrogens with two attached hydrogens (primary N) is 1. The Morgan fingerprint density at radius 3 is 2.61 bits per heavy atom. The first-order valence-corrected chi connectivity index (χ1v) is 4.81. The fraction of sp³-hybridized carbons (Fsp3) is 0.300. The molecule has 0 aromatic heterocycles. The lowest BCUT2D eigenvalue weighted by Gasteiger charge is -2.13. The van der Waals surface area contributed by atoms with E-state index in [2.05, 4.69) is 10.1 Å². The van der Waals surface area contributed by atoms with Gasteiger partial charge in [-0.15, -0.1) is 0 Å². The number of benzene rings is 1. The van der Waals surface area contributed by atoms with Crippen LogP contribution in [-0.2, 0) is 4.79 Å². The quantitative estimate of drug-likeness (QED) is 0.815. The third-order valence-electron chi connectivity index (χ3n) is 1.79. The molecule has 0 saturated carbocycles. The SMILES string of the molecule is NCC(=O)Nc1cc(F)ccc1OCC(F)(F)F. The molecule has 0 aliphatic rings. The highest BCUT2D eigenvalue weighted by Gasteiger charge is 2.29. The average molecular weight is 266 g/mol. The third kappa shape index (κ3) is 4.58. The Morgan fingerprint density at radius 1 is 1.39 bits per heavy atom. The maximum absolute atomic E-state index is 12.9. The highest BCUT2D eigenvalue weighted by molar-refractivity contribution is 5.93. The van der Waals surface area contributed by atoms with Gasteiger partial charge in [-0.2, -0.15) is 13.2 Å². The number of nitrogens with one attached hydrogen (secondary N) is 1. The van der Waals surface area contributed by atoms with Crippen molar-refractivity contribution in [3.63, 3.8) is 0 Å². The first-order chi connectivity index (χ1) is 8.31. The van der Waals surface area contributed by atoms with Gasteiger partial charge in [-0.05, 0) is 12.1 Å². The molecule has 4 nitrogen and oxygen atoms in total. The number of amides is 1. The van der Waals surface area contributed by atoms with Gasteiger partial charge in [0.1, 0.15) is 11.6 Å². The number of carbonyl (C=O) groups excluding carboxylic acids is 1. The van der Waals surface area contributed by atoms with Crippen molar-refractivity contribution in [1.82, 2.24) is 0 Å². The Balaban J connectivity index is 2.86. The minimum Gasteiger partial charge on any atom is -0.482 e. The number of halogens is 4. The van der Waals surface area contributed by atoms with Crippen LogP contribution in [0.1, 0.15) is 0 Å². The molecule has 0 aliphatic carbocycles. The number of carbonyl (C=O) groups is 1. The summed E-state index contributed by atoms with van der Waals surface area (Å²) in [5, 5.41) is 2.14. The molecular weight excluding hydrogens is 256 g/mol. The van der Waals surface area contributed by atoms with Crippen molar-refractivity contribution in [3.05, 3.63) is 24.0 Å². The summed E-state index contributed by atoms with van der Waals surface area (Å²) < 4.78 is 53.3. The van der Waals surface area contributed by atoms with Crippen molar-refractivity contribution in [3.8, 4) is 5.75 Å². The van der Waals surface area contributed by atoms with Crippen LogP contribution in [0.15, 0.2) is 18.2 Å². The second kappa shape index (κ2) is 5.67. The Morgan fingerprint density at radius 2 is 2.06 bits per heavy atom. The maximum Gasteiger partial charge on any atom is 0.422 e. The van der Waals surface area contributed by atoms with Gasteiger partial charge < -0.3 is 15.8 Å². The average Bonchev–Trinajstić information content (AvgIpc) is 2.26. The van der Waals surface area contributed by atoms with Crippen LogP contribution in [0.2, 0.25) is 0 Å². The molecule has 18 heavy (non-hydrogen) atoms. The molecule has 0 atom stereocenters. The van der Waals surface area contributed by atoms with Crippen molar-refractivity contribution in [1.29, 1.82) is 0 Å². The van der Waals surface area contributed by atoms with E-state index in [1.807, 2.05) is 0 Å². The third-order valence-corrected chi connectivity index (χ3v) is 1.79. The predicted octanol–water partition coefficient (Wildman–Crippen LogP) is 1.66. The van der Waals surface area contributed by atoms with Crippen molar-refractivity contribution in [2.24, 2.45) is 5.73 Å². The Bertz CT molecular complexity index is 434. The molecule has 8 heteroatoms. The highest BCUT2D eigenvalue weighted by Crippen LogP contribution is 2.27. The van der Waals surface area contributed by atoms with Crippen LogP contribution in [0.3, 0.4) is 0 Å². The van der Waals surface area contributed by atoms with E-state index in [1.54, 1.807) is 0 Å². The summed E-state index contributed by atoms with van der Waals surface area (Å²) in [5.41, 5.74) is 4.83. The topological polar surface area (TPSA) is 64.4 Å². The first-order valence-electron chi connectivity index (χ1n) is 4.81. The molecule has 0 unspecified atom stereocenters. The Labute approximate surface area is 99.7 Å². The second-order valence-corrected chi connectivity index (χ2v) is 3.30. The number of anilines is 1. The first kappa shape index (κ1) is 14.2. The molecule has 0 spiro atoms. The van der Waals surface area contributed by atoms with Crippen LogP contribution in [0.25, 0.3) is 0 Å². The van der Waals surface area contributed by atoms with Gasteiger partial charge >= 0.3 is 6.18 Å². The van der Waals surface area contributed by atoms with Crippen LogP contribution in [-0.4, -0.2) is 25.2 Å². The van der Waals surface area contributed by atoms with Crippen LogP contribution in [0, 0.1) is 5.82 Å². The Kier molecular flexibility index (Phi) is 4.49. The summed E-state index contributed by atoms with van der Waals surface area (Å²) in [6, 6.07) is 2.76. The molecule has 0 heterocycles. The molecule has 100 valence electrons. The fourth-order valence-electron chi connectivity index (χ4n) is 1.09. The Hall–Kier alpha value is -1.83. The number of hydrogen-bond acceptors (Lipinski definition) is 3. The summed E-state index contributed by atoms with van der Waals surface area (Å²) in [4.78, 5) is 11.0. The lowest BCUT2D eigenvalue weighted by atomic mass is 10.2. The second-order valence-electron chi connectivity index (χ2n) is 3.30. The van der Waals surface area contributed by atoms with E-state index >= 15 is 0 Å². The lowest BCUT2D eigenvalue weighted by molar-refractivity contribution is -0.153. The summed E-state index contributed by atoms with van der Waals surface area (Å²) >= 11 is 0. The number of alkyl halides is 3. The van der Waals surface area contributed by atoms with Gasteiger partial charge in [-0.3, -0.25) is 4.79 Å². The van der Waals surface area contributed by atoms with E-state index in [9.17, 15) is 22.4 Å². The molecule has 0 radical (unpaired) electrons. The van der Waals surface area contributed by atoms with Crippen molar-refractivity contribution < 1.29 is 27.1 Å². The molecule has 0 aliphatic heterocycles. The molecular formula is C10H10F4N2O2. The van der Waals surface area contributed by atoms with Gasteiger partial charge in [0, 0.05) is 6.07 Å². The fourth-order valence-corrected chi connectivity index (χ4v) is 1.09. The van der Waals surface area contributed by atoms with Crippen molar-refractivity contribution in [2.75, 3.05) is 18.5 Å². The van der Waals surface area contributed by atoms with E-state index < -0.39 is 24.5 Å². The summed E-state index contributed by atoms with van der Waals surface area (Å²) in [6.07, 6.45) is -4.52. The minimum absolute atomic E-state index is 0.199. The largest absolute Gasteiger partial charge is 0.482 e. The normalized spacial score (nSPS) is 11.2. The molecule has 1 amide bonds. The summed E-state index contributed by atoms with van der Waals surface area (Å²) in [7, 11) is 0. The zero-order valence-electron chi connectivity index (χ0n) is 9.05. The summed E-state index contributed by atoms with van der Waals surface area (Å²) in [5.74, 6) is -1.67. The van der Waals surface area contributed by atoms with Gasteiger partial charge in [0.05, 0.1) is 12.2 Å². The van der Waals surface area contributed by atoms with Crippen molar-refractivity contribution >= 4 is 11.6 Å². The predicted molar refractivity (Wildman–Crippen MR) is 55.6 cm³/mol. The van der Waals surface area contributed by atoms with Crippen LogP contribution >= 0.6 is 0 Å². The highest BCUT2D eigenvalue weighted by atomic mass is 19.4. The van der Waals surface area contributed by atoms with Crippen LogP contribution in [0.4, 0.5) is 23.2 Å². The molecule has 3 N–H and O–H groups in total. The number of hydrogen-bond donors (Lipinski definition) is 2. The molecule has 1 aromatic carbocycles. The van der Waals surface area contributed by atoms with Crippen molar-refractivity contribution in [2.45, 2.75) is 6.18 Å². The van der Waals surface area contributed by atoms with E-state index in [0.717, 1.165) is 18.2 Å². The zero-order chi connectivity index (χ0) is 13.8. The standard InChI is InChI=1S/C10H10F4N2O2/c11-6-1-2-8(18-5-10(12,13)14)7(3-6)16-9(17)4-15/h1-3H,4-5,15H2,(H,16,17). The van der Waals surface area contributed by atoms with Gasteiger partial charge in [0.15, 0.2) is 6.61 Å². The molecule has 0 fully saturated rings. The van der Waals surface area contributed by atoms with Gasteiger partial charge in [0.2, 0.25) is 5.91 Å². The molecule has 0 saturated heterocycles. The molecule has 0 bridgehead atoms. The van der Waals surface area contributed by atoms with Gasteiger partial charge in [0.25, 0.3) is 0 Å². The monoisotopic (exact) mass is 266 g/mol. The smallest absolute Gasteiger partial charge is 0.422 e. The minimum atomic E-state index is -4.52. The van der Waals surface area contributed by atoms with E-state index in [4.69, 9.17) is 5.73 Å². The van der Waals surface area contributed by atoms with Crippen LogP contribution in [0.5, 0.6) is 5.75 Å². The van der Waals surface area contributed by atoms with E-state index in [-0.39, 0.29) is 18.0 Å².